The van der Waals surface area contributed by atoms with E-state index in [9.17, 15) is 0 Å². The summed E-state index contributed by atoms with van der Waals surface area (Å²) < 4.78 is 5.46. The Morgan fingerprint density at radius 3 is 2.60 bits per heavy atom. The molecule has 0 aromatic carbocycles. The third-order valence-electron chi connectivity index (χ3n) is 5.66. The van der Waals surface area contributed by atoms with Crippen LogP contribution in [0.1, 0.15) is 19.4 Å². The van der Waals surface area contributed by atoms with Crippen molar-refractivity contribution in [3.63, 3.8) is 0 Å². The second-order valence-electron chi connectivity index (χ2n) is 7.85. The van der Waals surface area contributed by atoms with E-state index in [-0.39, 0.29) is 24.0 Å². The van der Waals surface area contributed by atoms with E-state index in [0.717, 1.165) is 77.3 Å². The number of pyridine rings is 1. The summed E-state index contributed by atoms with van der Waals surface area (Å²) in [7, 11) is 2.17. The standard InChI is InChI=1S/C21H37N7O.HI/c1-4-22-21(24-16-18(2)27-12-14-29-15-13-27)25-17-19-6-5-7-23-20(19)28-10-8-26(3)9-11-28;/h5-7,18H,4,8-17H2,1-3H3,(H2,22,24,25);1H. The van der Waals surface area contributed by atoms with Crippen LogP contribution in [0.4, 0.5) is 5.82 Å². The highest BCUT2D eigenvalue weighted by Crippen LogP contribution is 2.19. The van der Waals surface area contributed by atoms with Crippen molar-refractivity contribution >= 4 is 35.8 Å². The quantitative estimate of drug-likeness (QED) is 0.312. The van der Waals surface area contributed by atoms with Crippen LogP contribution in [0.25, 0.3) is 0 Å². The highest BCUT2D eigenvalue weighted by Gasteiger charge is 2.19. The Kier molecular flexibility index (Phi) is 11.1. The topological polar surface area (TPSA) is 68.3 Å². The van der Waals surface area contributed by atoms with Crippen molar-refractivity contribution in [1.29, 1.82) is 0 Å². The Morgan fingerprint density at radius 2 is 1.90 bits per heavy atom. The van der Waals surface area contributed by atoms with E-state index in [1.807, 2.05) is 12.3 Å². The molecule has 2 saturated heterocycles. The number of guanidine groups is 1. The lowest BCUT2D eigenvalue weighted by Gasteiger charge is -2.34. The maximum Gasteiger partial charge on any atom is 0.191 e. The van der Waals surface area contributed by atoms with Gasteiger partial charge in [0.1, 0.15) is 5.82 Å². The van der Waals surface area contributed by atoms with Gasteiger partial charge in [-0.2, -0.15) is 0 Å². The molecule has 170 valence electrons. The number of hydrogen-bond acceptors (Lipinski definition) is 6. The maximum absolute atomic E-state index is 5.46. The largest absolute Gasteiger partial charge is 0.379 e. The lowest BCUT2D eigenvalue weighted by atomic mass is 10.2. The summed E-state index contributed by atoms with van der Waals surface area (Å²) in [5, 5.41) is 6.88. The van der Waals surface area contributed by atoms with Gasteiger partial charge in [-0.1, -0.05) is 6.07 Å². The Bertz CT molecular complexity index is 646. The first-order valence-electron chi connectivity index (χ1n) is 10.9. The minimum absolute atomic E-state index is 0. The summed E-state index contributed by atoms with van der Waals surface area (Å²) in [5.74, 6) is 1.93. The second-order valence-corrected chi connectivity index (χ2v) is 7.85. The van der Waals surface area contributed by atoms with E-state index in [2.05, 4.69) is 57.3 Å². The number of hydrogen-bond donors (Lipinski definition) is 2. The molecule has 2 aliphatic rings. The molecule has 2 fully saturated rings. The molecule has 0 bridgehead atoms. The predicted molar refractivity (Wildman–Crippen MR) is 134 cm³/mol. The molecular formula is C21H38IN7O. The molecule has 1 aromatic heterocycles. The van der Waals surface area contributed by atoms with Gasteiger partial charge in [-0.05, 0) is 27.0 Å². The number of piperazine rings is 1. The Hall–Kier alpha value is -1.17. The van der Waals surface area contributed by atoms with E-state index in [4.69, 9.17) is 9.73 Å². The third-order valence-corrected chi connectivity index (χ3v) is 5.66. The lowest BCUT2D eigenvalue weighted by Crippen LogP contribution is -2.49. The smallest absolute Gasteiger partial charge is 0.191 e. The van der Waals surface area contributed by atoms with Crippen LogP contribution in [0.15, 0.2) is 23.3 Å². The SMILES string of the molecule is CCNC(=NCc1cccnc1N1CCN(C)CC1)NCC(C)N1CCOCC1.I. The number of morpholine rings is 1. The fourth-order valence-corrected chi connectivity index (χ4v) is 3.75. The van der Waals surface area contributed by atoms with Crippen molar-refractivity contribution in [2.24, 2.45) is 4.99 Å². The molecule has 0 radical (unpaired) electrons. The molecule has 30 heavy (non-hydrogen) atoms. The first kappa shape index (κ1) is 25.1. The number of halogens is 1. The van der Waals surface area contributed by atoms with E-state index >= 15 is 0 Å². The molecule has 2 aliphatic heterocycles. The van der Waals surface area contributed by atoms with Crippen molar-refractivity contribution in [3.8, 4) is 0 Å². The molecule has 1 atom stereocenters. The third kappa shape index (κ3) is 7.51. The van der Waals surface area contributed by atoms with Gasteiger partial charge >= 0.3 is 0 Å². The first-order valence-corrected chi connectivity index (χ1v) is 10.9. The number of anilines is 1. The van der Waals surface area contributed by atoms with Crippen molar-refractivity contribution in [2.45, 2.75) is 26.4 Å². The Balaban J connectivity index is 0.00000320. The number of likely N-dealkylation sites (N-methyl/N-ethyl adjacent to an activating group) is 1. The van der Waals surface area contributed by atoms with E-state index in [1.54, 1.807) is 0 Å². The highest BCUT2D eigenvalue weighted by atomic mass is 127. The molecule has 0 amide bonds. The van der Waals surface area contributed by atoms with Crippen LogP contribution in [-0.4, -0.2) is 99.4 Å². The zero-order valence-electron chi connectivity index (χ0n) is 18.6. The molecular weight excluding hydrogens is 493 g/mol. The average molecular weight is 531 g/mol. The number of aromatic nitrogens is 1. The molecule has 1 aromatic rings. The molecule has 8 nitrogen and oxygen atoms in total. The normalized spacial score (nSPS) is 19.8. The average Bonchev–Trinajstić information content (AvgIpc) is 2.77. The van der Waals surface area contributed by atoms with Gasteiger partial charge in [0.15, 0.2) is 5.96 Å². The van der Waals surface area contributed by atoms with Gasteiger partial charge < -0.3 is 25.2 Å². The van der Waals surface area contributed by atoms with Gasteiger partial charge in [0.2, 0.25) is 0 Å². The van der Waals surface area contributed by atoms with Gasteiger partial charge in [-0.3, -0.25) is 4.90 Å². The molecule has 3 heterocycles. The zero-order valence-corrected chi connectivity index (χ0v) is 21.0. The van der Waals surface area contributed by atoms with Crippen LogP contribution >= 0.6 is 24.0 Å². The lowest BCUT2D eigenvalue weighted by molar-refractivity contribution is 0.0211. The number of ether oxygens (including phenoxy) is 1. The van der Waals surface area contributed by atoms with Gasteiger partial charge in [-0.15, -0.1) is 24.0 Å². The summed E-state index contributed by atoms with van der Waals surface area (Å²) >= 11 is 0. The fraction of sp³-hybridized carbons (Fsp3) is 0.714. The number of nitrogens with zero attached hydrogens (tertiary/aromatic N) is 5. The van der Waals surface area contributed by atoms with Gasteiger partial charge in [0.05, 0.1) is 19.8 Å². The van der Waals surface area contributed by atoms with Gasteiger partial charge in [0.25, 0.3) is 0 Å². The fourth-order valence-electron chi connectivity index (χ4n) is 3.75. The zero-order chi connectivity index (χ0) is 20.5. The van der Waals surface area contributed by atoms with E-state index in [0.29, 0.717) is 12.6 Å². The minimum atomic E-state index is 0. The van der Waals surface area contributed by atoms with Crippen molar-refractivity contribution in [2.75, 3.05) is 77.5 Å². The molecule has 0 saturated carbocycles. The van der Waals surface area contributed by atoms with Crippen LogP contribution in [-0.2, 0) is 11.3 Å². The van der Waals surface area contributed by atoms with Crippen molar-refractivity contribution in [1.82, 2.24) is 25.4 Å². The van der Waals surface area contributed by atoms with Gasteiger partial charge in [-0.25, -0.2) is 9.98 Å². The first-order chi connectivity index (χ1) is 14.2. The summed E-state index contributed by atoms with van der Waals surface area (Å²) in [6.07, 6.45) is 1.88. The van der Waals surface area contributed by atoms with Crippen LogP contribution in [0.2, 0.25) is 0 Å². The minimum Gasteiger partial charge on any atom is -0.379 e. The van der Waals surface area contributed by atoms with Crippen LogP contribution < -0.4 is 15.5 Å². The predicted octanol–water partition coefficient (Wildman–Crippen LogP) is 1.23. The summed E-state index contributed by atoms with van der Waals surface area (Å²) in [6, 6.07) is 4.59. The molecule has 2 N–H and O–H groups in total. The summed E-state index contributed by atoms with van der Waals surface area (Å²) in [5.41, 5.74) is 1.18. The van der Waals surface area contributed by atoms with Crippen LogP contribution in [0, 0.1) is 0 Å². The Labute approximate surface area is 198 Å². The summed E-state index contributed by atoms with van der Waals surface area (Å²) in [4.78, 5) is 16.7. The van der Waals surface area contributed by atoms with E-state index < -0.39 is 0 Å². The highest BCUT2D eigenvalue weighted by molar-refractivity contribution is 14.0. The van der Waals surface area contributed by atoms with Crippen LogP contribution in [0.3, 0.4) is 0 Å². The summed E-state index contributed by atoms with van der Waals surface area (Å²) in [6.45, 7) is 14.5. The Morgan fingerprint density at radius 1 is 1.17 bits per heavy atom. The number of nitrogens with one attached hydrogen (secondary N) is 2. The van der Waals surface area contributed by atoms with Crippen molar-refractivity contribution in [3.05, 3.63) is 23.9 Å². The monoisotopic (exact) mass is 531 g/mol. The van der Waals surface area contributed by atoms with Crippen LogP contribution in [0.5, 0.6) is 0 Å². The molecule has 1 unspecified atom stereocenters. The van der Waals surface area contributed by atoms with Crippen molar-refractivity contribution < 1.29 is 4.74 Å². The maximum atomic E-state index is 5.46. The molecule has 9 heteroatoms. The number of aliphatic imine (C=N–C) groups is 1. The molecule has 0 aliphatic carbocycles. The molecule has 3 rings (SSSR count). The van der Waals surface area contributed by atoms with E-state index in [1.165, 1.54) is 5.56 Å². The van der Waals surface area contributed by atoms with Gasteiger partial charge in [0, 0.05) is 70.2 Å². The number of rotatable bonds is 7. The molecule has 0 spiro atoms. The second kappa shape index (κ2) is 13.3.